The monoisotopic (exact) mass is 330 g/mol. The molecule has 0 spiro atoms. The number of likely N-dealkylation sites (N-methyl/N-ethyl adjacent to an activating group) is 1. The fourth-order valence-electron chi connectivity index (χ4n) is 3.41. The van der Waals surface area contributed by atoms with E-state index in [4.69, 9.17) is 23.2 Å². The molecule has 0 aromatic heterocycles. The minimum atomic E-state index is -0.333. The number of hydrogen-bond acceptors (Lipinski definition) is 1. The summed E-state index contributed by atoms with van der Waals surface area (Å²) in [4.78, 5) is 1.44. The molecule has 1 aromatic carbocycles. The molecule has 2 unspecified atom stereocenters. The van der Waals surface area contributed by atoms with Gasteiger partial charge in [0.2, 0.25) is 0 Å². The lowest BCUT2D eigenvalue weighted by Crippen LogP contribution is -3.16. The van der Waals surface area contributed by atoms with E-state index in [1.807, 2.05) is 18.2 Å². The van der Waals surface area contributed by atoms with Crippen LogP contribution in [-0.4, -0.2) is 30.3 Å². The summed E-state index contributed by atoms with van der Waals surface area (Å²) in [7, 11) is 0. The van der Waals surface area contributed by atoms with E-state index in [9.17, 15) is 5.11 Å². The fraction of sp³-hybridized carbons (Fsp3) is 0.647. The minimum absolute atomic E-state index is 0.135. The van der Waals surface area contributed by atoms with E-state index in [1.54, 1.807) is 0 Å². The van der Waals surface area contributed by atoms with Crippen molar-refractivity contribution in [3.63, 3.8) is 0 Å². The van der Waals surface area contributed by atoms with Gasteiger partial charge in [-0.25, -0.2) is 0 Å². The summed E-state index contributed by atoms with van der Waals surface area (Å²) < 4.78 is 0. The molecule has 2 rings (SSSR count). The summed E-state index contributed by atoms with van der Waals surface area (Å²) in [5.41, 5.74) is 0.999. The molecule has 2 nitrogen and oxygen atoms in total. The van der Waals surface area contributed by atoms with Crippen LogP contribution < -0.4 is 4.90 Å². The number of hydrogen-bond donors (Lipinski definition) is 2. The highest BCUT2D eigenvalue weighted by molar-refractivity contribution is 6.42. The molecular weight excluding hydrogens is 305 g/mol. The molecule has 1 aliphatic carbocycles. The number of rotatable bonds is 6. The van der Waals surface area contributed by atoms with E-state index < -0.39 is 0 Å². The lowest BCUT2D eigenvalue weighted by atomic mass is 9.61. The van der Waals surface area contributed by atoms with E-state index in [0.29, 0.717) is 16.1 Å². The average Bonchev–Trinajstić information content (AvgIpc) is 2.38. The molecule has 118 valence electrons. The van der Waals surface area contributed by atoms with Gasteiger partial charge in [-0.2, -0.15) is 0 Å². The van der Waals surface area contributed by atoms with E-state index in [-0.39, 0.29) is 11.5 Å². The first-order chi connectivity index (χ1) is 9.90. The second-order valence-electron chi connectivity index (χ2n) is 6.53. The van der Waals surface area contributed by atoms with Gasteiger partial charge in [-0.3, -0.25) is 0 Å². The first kappa shape index (κ1) is 17.1. The van der Waals surface area contributed by atoms with Gasteiger partial charge in [-0.05, 0) is 51.3 Å². The van der Waals surface area contributed by atoms with E-state index in [1.165, 1.54) is 11.3 Å². The molecule has 0 saturated heterocycles. The van der Waals surface area contributed by atoms with Crippen molar-refractivity contribution in [2.24, 2.45) is 0 Å². The molecule has 1 aromatic rings. The number of nitrogens with one attached hydrogen (secondary N) is 1. The molecule has 1 aliphatic rings. The molecule has 2 atom stereocenters. The molecule has 1 fully saturated rings. The molecule has 0 amide bonds. The first-order valence-corrected chi connectivity index (χ1v) is 8.64. The molecule has 2 N–H and O–H groups in total. The van der Waals surface area contributed by atoms with Gasteiger partial charge < -0.3 is 10.0 Å². The maximum Gasteiger partial charge on any atom is 0.112 e. The summed E-state index contributed by atoms with van der Waals surface area (Å²) in [5, 5.41) is 12.0. The number of quaternary nitrogens is 1. The van der Waals surface area contributed by atoms with Crippen LogP contribution in [0.1, 0.15) is 45.6 Å². The minimum Gasteiger partial charge on any atom is -0.386 e. The van der Waals surface area contributed by atoms with Gasteiger partial charge in [-0.1, -0.05) is 35.7 Å². The standard InChI is InChI=1S/C17H25Cl2NO/c1-4-20(12(2)3)11-16(21)17(8-5-9-17)13-6-7-14(18)15(19)10-13/h6-7,10,12,16,21H,4-5,8-9,11H2,1-3H3/p+1. The topological polar surface area (TPSA) is 24.7 Å². The van der Waals surface area contributed by atoms with Crippen molar-refractivity contribution in [2.75, 3.05) is 13.1 Å². The Kier molecular flexibility index (Phi) is 5.59. The average molecular weight is 331 g/mol. The Morgan fingerprint density at radius 1 is 1.24 bits per heavy atom. The summed E-state index contributed by atoms with van der Waals surface area (Å²) in [5.74, 6) is 0. The van der Waals surface area contributed by atoms with Crippen molar-refractivity contribution in [3.8, 4) is 0 Å². The van der Waals surface area contributed by atoms with Crippen molar-refractivity contribution >= 4 is 23.2 Å². The predicted octanol–water partition coefficient (Wildman–Crippen LogP) is 3.09. The number of halogens is 2. The lowest BCUT2D eigenvalue weighted by Gasteiger charge is -2.46. The normalized spacial score (nSPS) is 20.1. The van der Waals surface area contributed by atoms with Crippen LogP contribution in [0, 0.1) is 0 Å². The van der Waals surface area contributed by atoms with Crippen molar-refractivity contribution in [1.29, 1.82) is 0 Å². The highest BCUT2D eigenvalue weighted by Gasteiger charge is 2.46. The third kappa shape index (κ3) is 3.39. The van der Waals surface area contributed by atoms with Crippen LogP contribution in [0.5, 0.6) is 0 Å². The number of benzene rings is 1. The molecule has 0 aliphatic heterocycles. The zero-order chi connectivity index (χ0) is 15.6. The summed E-state index contributed by atoms with van der Waals surface area (Å²) >= 11 is 12.2. The van der Waals surface area contributed by atoms with E-state index in [0.717, 1.165) is 31.5 Å². The van der Waals surface area contributed by atoms with E-state index >= 15 is 0 Å². The zero-order valence-electron chi connectivity index (χ0n) is 13.1. The van der Waals surface area contributed by atoms with Crippen LogP contribution in [0.25, 0.3) is 0 Å². The Morgan fingerprint density at radius 2 is 1.90 bits per heavy atom. The Bertz CT molecular complexity index is 486. The van der Waals surface area contributed by atoms with Gasteiger partial charge in [-0.15, -0.1) is 0 Å². The van der Waals surface area contributed by atoms with Crippen LogP contribution in [-0.2, 0) is 5.41 Å². The van der Waals surface area contributed by atoms with Crippen molar-refractivity contribution < 1.29 is 10.0 Å². The lowest BCUT2D eigenvalue weighted by molar-refractivity contribution is -0.923. The van der Waals surface area contributed by atoms with E-state index in [2.05, 4.69) is 20.8 Å². The van der Waals surface area contributed by atoms with Crippen LogP contribution >= 0.6 is 23.2 Å². The molecule has 1 saturated carbocycles. The maximum absolute atomic E-state index is 10.9. The summed E-state index contributed by atoms with van der Waals surface area (Å²) in [6.07, 6.45) is 2.89. The van der Waals surface area contributed by atoms with Crippen LogP contribution in [0.2, 0.25) is 10.0 Å². The van der Waals surface area contributed by atoms with Crippen LogP contribution in [0.4, 0.5) is 0 Å². The van der Waals surface area contributed by atoms with Crippen LogP contribution in [0.15, 0.2) is 18.2 Å². The Balaban J connectivity index is 2.22. The second-order valence-corrected chi connectivity index (χ2v) is 7.34. The van der Waals surface area contributed by atoms with Crippen LogP contribution in [0.3, 0.4) is 0 Å². The Hall–Kier alpha value is -0.280. The van der Waals surface area contributed by atoms with Crippen molar-refractivity contribution in [1.82, 2.24) is 0 Å². The van der Waals surface area contributed by atoms with Gasteiger partial charge in [0.15, 0.2) is 0 Å². The van der Waals surface area contributed by atoms with Gasteiger partial charge in [0.05, 0.1) is 22.6 Å². The van der Waals surface area contributed by atoms with Gasteiger partial charge >= 0.3 is 0 Å². The molecule has 0 heterocycles. The SMILES string of the molecule is CC[NH+](CC(O)C1(c2ccc(Cl)c(Cl)c2)CCC1)C(C)C. The number of aliphatic hydroxyl groups is 1. The highest BCUT2D eigenvalue weighted by atomic mass is 35.5. The summed E-state index contributed by atoms with van der Waals surface area (Å²) in [6.45, 7) is 8.41. The zero-order valence-corrected chi connectivity index (χ0v) is 14.6. The molecule has 0 bridgehead atoms. The predicted molar refractivity (Wildman–Crippen MR) is 89.5 cm³/mol. The largest absolute Gasteiger partial charge is 0.386 e. The quantitative estimate of drug-likeness (QED) is 0.823. The highest BCUT2D eigenvalue weighted by Crippen LogP contribution is 2.47. The van der Waals surface area contributed by atoms with Gasteiger partial charge in [0.25, 0.3) is 0 Å². The third-order valence-corrected chi connectivity index (χ3v) is 5.84. The second kappa shape index (κ2) is 6.87. The van der Waals surface area contributed by atoms with Gasteiger partial charge in [0.1, 0.15) is 12.6 Å². The van der Waals surface area contributed by atoms with Crippen molar-refractivity contribution in [2.45, 2.75) is 57.6 Å². The van der Waals surface area contributed by atoms with Gasteiger partial charge in [0, 0.05) is 5.41 Å². The molecule has 4 heteroatoms. The molecular formula is C17H26Cl2NO+. The fourth-order valence-corrected chi connectivity index (χ4v) is 3.71. The Labute approximate surface area is 138 Å². The molecule has 21 heavy (non-hydrogen) atoms. The summed E-state index contributed by atoms with van der Waals surface area (Å²) in [6, 6.07) is 6.33. The molecule has 0 radical (unpaired) electrons. The first-order valence-electron chi connectivity index (χ1n) is 7.89. The number of aliphatic hydroxyl groups excluding tert-OH is 1. The smallest absolute Gasteiger partial charge is 0.112 e. The third-order valence-electron chi connectivity index (χ3n) is 5.10. The Morgan fingerprint density at radius 3 is 2.33 bits per heavy atom. The maximum atomic E-state index is 10.9. The van der Waals surface area contributed by atoms with Crippen molar-refractivity contribution in [3.05, 3.63) is 33.8 Å².